The maximum Gasteiger partial charge on any atom is 0.123 e. The van der Waals surface area contributed by atoms with Crippen molar-refractivity contribution in [1.29, 1.82) is 0 Å². The van der Waals surface area contributed by atoms with Gasteiger partial charge in [0.05, 0.1) is 0 Å². The predicted molar refractivity (Wildman–Crippen MR) is 81.8 cm³/mol. The van der Waals surface area contributed by atoms with E-state index < -0.39 is 0 Å². The number of phenols is 1. The lowest BCUT2D eigenvalue weighted by Gasteiger charge is -2.11. The minimum absolute atomic E-state index is 0.352. The Morgan fingerprint density at radius 1 is 0.947 bits per heavy atom. The van der Waals surface area contributed by atoms with Crippen molar-refractivity contribution in [3.63, 3.8) is 0 Å². The van der Waals surface area contributed by atoms with Crippen LogP contribution in [0.1, 0.15) is 31.7 Å². The fourth-order valence-electron chi connectivity index (χ4n) is 2.57. The number of fused-ring (bicyclic) bond motifs is 2. The smallest absolute Gasteiger partial charge is 0.123 e. The van der Waals surface area contributed by atoms with Crippen LogP contribution in [0, 0.1) is 0 Å². The molecule has 1 heteroatoms. The highest BCUT2D eigenvalue weighted by Gasteiger charge is 2.06. The standard InChI is InChI=1S/C18H18O/c1-3-12(2)13-7-8-14-11-17-15(10-16(14)9-13)5-4-6-18(17)19/h4-12,19H,3H2,1-2H3. The lowest BCUT2D eigenvalue weighted by atomic mass is 9.94. The molecule has 1 unspecified atom stereocenters. The topological polar surface area (TPSA) is 20.2 Å². The van der Waals surface area contributed by atoms with Crippen LogP contribution in [-0.4, -0.2) is 5.11 Å². The molecular formula is C18H18O. The van der Waals surface area contributed by atoms with E-state index in [4.69, 9.17) is 0 Å². The third-order valence-corrected chi connectivity index (χ3v) is 4.02. The van der Waals surface area contributed by atoms with Crippen molar-refractivity contribution in [3.8, 4) is 5.75 Å². The first kappa shape index (κ1) is 12.0. The van der Waals surface area contributed by atoms with Crippen LogP contribution in [0.2, 0.25) is 0 Å². The Morgan fingerprint density at radius 2 is 1.79 bits per heavy atom. The van der Waals surface area contributed by atoms with Gasteiger partial charge in [-0.1, -0.05) is 44.2 Å². The zero-order valence-corrected chi connectivity index (χ0v) is 11.4. The minimum atomic E-state index is 0.352. The third-order valence-electron chi connectivity index (χ3n) is 4.02. The number of benzene rings is 3. The average molecular weight is 250 g/mol. The van der Waals surface area contributed by atoms with E-state index in [2.05, 4.69) is 44.2 Å². The van der Waals surface area contributed by atoms with Gasteiger partial charge in [-0.2, -0.15) is 0 Å². The molecule has 3 aromatic carbocycles. The zero-order valence-electron chi connectivity index (χ0n) is 11.4. The molecule has 0 bridgehead atoms. The van der Waals surface area contributed by atoms with Gasteiger partial charge in [0, 0.05) is 5.39 Å². The first-order valence-electron chi connectivity index (χ1n) is 6.84. The van der Waals surface area contributed by atoms with E-state index in [1.165, 1.54) is 16.3 Å². The van der Waals surface area contributed by atoms with Gasteiger partial charge in [0.15, 0.2) is 0 Å². The third kappa shape index (κ3) is 2.06. The van der Waals surface area contributed by atoms with E-state index in [0.29, 0.717) is 11.7 Å². The summed E-state index contributed by atoms with van der Waals surface area (Å²) in [6, 6.07) is 16.5. The molecule has 1 nitrogen and oxygen atoms in total. The SMILES string of the molecule is CCC(C)c1ccc2cc3c(O)cccc3cc2c1. The molecule has 0 saturated heterocycles. The lowest BCUT2D eigenvalue weighted by molar-refractivity contribution is 0.481. The molecule has 96 valence electrons. The highest BCUT2D eigenvalue weighted by Crippen LogP contribution is 2.31. The molecular weight excluding hydrogens is 232 g/mol. The Morgan fingerprint density at radius 3 is 2.58 bits per heavy atom. The monoisotopic (exact) mass is 250 g/mol. The lowest BCUT2D eigenvalue weighted by Crippen LogP contribution is -1.90. The van der Waals surface area contributed by atoms with Crippen molar-refractivity contribution in [2.24, 2.45) is 0 Å². The van der Waals surface area contributed by atoms with Gasteiger partial charge in [-0.25, -0.2) is 0 Å². The Hall–Kier alpha value is -2.02. The Balaban J connectivity index is 2.26. The largest absolute Gasteiger partial charge is 0.507 e. The quantitative estimate of drug-likeness (QED) is 0.619. The Labute approximate surface area is 113 Å². The van der Waals surface area contributed by atoms with Crippen LogP contribution in [0.4, 0.5) is 0 Å². The molecule has 0 aliphatic carbocycles. The van der Waals surface area contributed by atoms with Gasteiger partial charge in [0.25, 0.3) is 0 Å². The molecule has 1 N–H and O–H groups in total. The van der Waals surface area contributed by atoms with Crippen molar-refractivity contribution in [3.05, 3.63) is 54.1 Å². The normalized spacial score (nSPS) is 12.9. The molecule has 19 heavy (non-hydrogen) atoms. The fourth-order valence-corrected chi connectivity index (χ4v) is 2.57. The van der Waals surface area contributed by atoms with E-state index in [9.17, 15) is 5.11 Å². The molecule has 3 rings (SSSR count). The fraction of sp³-hybridized carbons (Fsp3) is 0.222. The summed E-state index contributed by atoms with van der Waals surface area (Å²) >= 11 is 0. The van der Waals surface area contributed by atoms with Gasteiger partial charge >= 0.3 is 0 Å². The van der Waals surface area contributed by atoms with Crippen molar-refractivity contribution in [2.45, 2.75) is 26.2 Å². The summed E-state index contributed by atoms with van der Waals surface area (Å²) in [4.78, 5) is 0. The Kier molecular flexibility index (Phi) is 2.90. The van der Waals surface area contributed by atoms with E-state index >= 15 is 0 Å². The van der Waals surface area contributed by atoms with Crippen LogP contribution in [0.15, 0.2) is 48.5 Å². The molecule has 0 saturated carbocycles. The number of phenolic OH excluding ortho intramolecular Hbond substituents is 1. The minimum Gasteiger partial charge on any atom is -0.507 e. The van der Waals surface area contributed by atoms with Crippen molar-refractivity contribution < 1.29 is 5.11 Å². The summed E-state index contributed by atoms with van der Waals surface area (Å²) in [6.45, 7) is 4.47. The summed E-state index contributed by atoms with van der Waals surface area (Å²) in [5, 5.41) is 14.4. The molecule has 0 aliphatic rings. The molecule has 0 spiro atoms. The predicted octanol–water partition coefficient (Wildman–Crippen LogP) is 5.21. The average Bonchev–Trinajstić information content (AvgIpc) is 2.44. The van der Waals surface area contributed by atoms with Crippen LogP contribution in [0.5, 0.6) is 5.75 Å². The Bertz CT molecular complexity index is 743. The van der Waals surface area contributed by atoms with E-state index in [-0.39, 0.29) is 0 Å². The second kappa shape index (κ2) is 4.58. The summed E-state index contributed by atoms with van der Waals surface area (Å²) in [7, 11) is 0. The van der Waals surface area contributed by atoms with E-state index in [0.717, 1.165) is 17.2 Å². The van der Waals surface area contributed by atoms with Gasteiger partial charge in [-0.15, -0.1) is 0 Å². The van der Waals surface area contributed by atoms with Crippen LogP contribution < -0.4 is 0 Å². The first-order valence-corrected chi connectivity index (χ1v) is 6.84. The van der Waals surface area contributed by atoms with Gasteiger partial charge in [0.1, 0.15) is 5.75 Å². The number of hydrogen-bond donors (Lipinski definition) is 1. The maximum absolute atomic E-state index is 9.91. The molecule has 0 amide bonds. The number of hydrogen-bond acceptors (Lipinski definition) is 1. The van der Waals surface area contributed by atoms with Gasteiger partial charge < -0.3 is 5.11 Å². The van der Waals surface area contributed by atoms with Gasteiger partial charge in [0.2, 0.25) is 0 Å². The molecule has 0 heterocycles. The van der Waals surface area contributed by atoms with E-state index in [1.54, 1.807) is 6.07 Å². The highest BCUT2D eigenvalue weighted by atomic mass is 16.3. The van der Waals surface area contributed by atoms with Crippen LogP contribution >= 0.6 is 0 Å². The van der Waals surface area contributed by atoms with Gasteiger partial charge in [-0.05, 0) is 52.3 Å². The molecule has 1 atom stereocenters. The van der Waals surface area contributed by atoms with Gasteiger partial charge in [-0.3, -0.25) is 0 Å². The van der Waals surface area contributed by atoms with Crippen LogP contribution in [0.3, 0.4) is 0 Å². The molecule has 0 aliphatic heterocycles. The maximum atomic E-state index is 9.91. The van der Waals surface area contributed by atoms with Crippen molar-refractivity contribution in [1.82, 2.24) is 0 Å². The summed E-state index contributed by atoms with van der Waals surface area (Å²) < 4.78 is 0. The molecule has 0 radical (unpaired) electrons. The summed E-state index contributed by atoms with van der Waals surface area (Å²) in [5.41, 5.74) is 1.38. The second-order valence-electron chi connectivity index (χ2n) is 5.27. The second-order valence-corrected chi connectivity index (χ2v) is 5.27. The first-order chi connectivity index (χ1) is 9.19. The highest BCUT2D eigenvalue weighted by molar-refractivity contribution is 6.00. The number of aromatic hydroxyl groups is 1. The van der Waals surface area contributed by atoms with Crippen LogP contribution in [0.25, 0.3) is 21.5 Å². The number of rotatable bonds is 2. The summed E-state index contributed by atoms with van der Waals surface area (Å²) in [5.74, 6) is 0.940. The summed E-state index contributed by atoms with van der Waals surface area (Å²) in [6.07, 6.45) is 1.15. The van der Waals surface area contributed by atoms with Crippen LogP contribution in [-0.2, 0) is 0 Å². The zero-order chi connectivity index (χ0) is 13.4. The molecule has 0 fully saturated rings. The van der Waals surface area contributed by atoms with Crippen molar-refractivity contribution in [2.75, 3.05) is 0 Å². The molecule has 0 aromatic heterocycles. The van der Waals surface area contributed by atoms with Crippen molar-refractivity contribution >= 4 is 21.5 Å². The molecule has 3 aromatic rings. The van der Waals surface area contributed by atoms with E-state index in [1.807, 2.05) is 12.1 Å².